The molecular formula is C16H12N6O2S. The van der Waals surface area contributed by atoms with Crippen LogP contribution in [0.5, 0.6) is 0 Å². The van der Waals surface area contributed by atoms with Gasteiger partial charge in [0, 0.05) is 11.6 Å². The first kappa shape index (κ1) is 15.2. The number of thiazole rings is 1. The number of amides is 1. The minimum atomic E-state index is -0.247. The SMILES string of the molecule is O=C(Cc1csc(-c2ccco2)n1)Nc1n[nH]c(-c2ccccn2)n1. The Hall–Kier alpha value is -3.33. The molecule has 4 rings (SSSR count). The number of pyridine rings is 1. The lowest BCUT2D eigenvalue weighted by Crippen LogP contribution is -2.15. The Bertz CT molecular complexity index is 977. The maximum atomic E-state index is 12.1. The molecule has 0 aliphatic carbocycles. The van der Waals surface area contributed by atoms with Crippen molar-refractivity contribution in [1.29, 1.82) is 0 Å². The molecule has 4 heterocycles. The van der Waals surface area contributed by atoms with E-state index in [9.17, 15) is 4.79 Å². The zero-order valence-corrected chi connectivity index (χ0v) is 13.7. The number of carbonyl (C=O) groups is 1. The first-order valence-corrected chi connectivity index (χ1v) is 8.28. The van der Waals surface area contributed by atoms with Gasteiger partial charge in [0.25, 0.3) is 0 Å². The number of carbonyl (C=O) groups excluding carboxylic acids is 1. The summed E-state index contributed by atoms with van der Waals surface area (Å²) in [5, 5.41) is 11.9. The summed E-state index contributed by atoms with van der Waals surface area (Å²) >= 11 is 1.43. The molecule has 0 bridgehead atoms. The van der Waals surface area contributed by atoms with E-state index in [2.05, 4.69) is 30.5 Å². The normalized spacial score (nSPS) is 10.7. The van der Waals surface area contributed by atoms with Gasteiger partial charge in [0.05, 0.1) is 18.4 Å². The summed E-state index contributed by atoms with van der Waals surface area (Å²) in [5.74, 6) is 1.13. The molecule has 0 atom stereocenters. The molecule has 0 saturated carbocycles. The molecule has 0 fully saturated rings. The van der Waals surface area contributed by atoms with Crippen molar-refractivity contribution in [3.8, 4) is 22.3 Å². The topological polar surface area (TPSA) is 110 Å². The van der Waals surface area contributed by atoms with Gasteiger partial charge >= 0.3 is 0 Å². The molecule has 25 heavy (non-hydrogen) atoms. The third-order valence-corrected chi connectivity index (χ3v) is 4.18. The molecule has 2 N–H and O–H groups in total. The molecule has 0 saturated heterocycles. The van der Waals surface area contributed by atoms with Crippen LogP contribution in [0.4, 0.5) is 5.95 Å². The largest absolute Gasteiger partial charge is 0.462 e. The van der Waals surface area contributed by atoms with Gasteiger partial charge in [-0.15, -0.1) is 16.4 Å². The van der Waals surface area contributed by atoms with Crippen molar-refractivity contribution >= 4 is 23.2 Å². The van der Waals surface area contributed by atoms with E-state index in [0.717, 1.165) is 5.01 Å². The number of rotatable bonds is 5. The summed E-state index contributed by atoms with van der Waals surface area (Å²) in [4.78, 5) is 24.9. The summed E-state index contributed by atoms with van der Waals surface area (Å²) in [5.41, 5.74) is 1.31. The van der Waals surface area contributed by atoms with Crippen molar-refractivity contribution in [2.24, 2.45) is 0 Å². The smallest absolute Gasteiger partial charge is 0.249 e. The van der Waals surface area contributed by atoms with E-state index >= 15 is 0 Å². The Kier molecular flexibility index (Phi) is 4.05. The van der Waals surface area contributed by atoms with Crippen molar-refractivity contribution in [2.75, 3.05) is 5.32 Å². The summed E-state index contributed by atoms with van der Waals surface area (Å²) in [6.45, 7) is 0. The molecule has 0 aliphatic heterocycles. The van der Waals surface area contributed by atoms with Gasteiger partial charge in [0.15, 0.2) is 16.6 Å². The van der Waals surface area contributed by atoms with Gasteiger partial charge < -0.3 is 4.42 Å². The first-order valence-electron chi connectivity index (χ1n) is 7.40. The number of hydrogen-bond donors (Lipinski definition) is 2. The highest BCUT2D eigenvalue weighted by Crippen LogP contribution is 2.24. The molecule has 4 aromatic rings. The van der Waals surface area contributed by atoms with Gasteiger partial charge in [0.2, 0.25) is 11.9 Å². The van der Waals surface area contributed by atoms with E-state index in [-0.39, 0.29) is 18.3 Å². The summed E-state index contributed by atoms with van der Waals surface area (Å²) in [6.07, 6.45) is 3.38. The van der Waals surface area contributed by atoms with Crippen LogP contribution in [0.15, 0.2) is 52.6 Å². The maximum absolute atomic E-state index is 12.1. The van der Waals surface area contributed by atoms with Crippen molar-refractivity contribution in [1.82, 2.24) is 25.1 Å². The third kappa shape index (κ3) is 3.45. The Balaban J connectivity index is 1.40. The molecule has 0 radical (unpaired) electrons. The van der Waals surface area contributed by atoms with Crippen LogP contribution >= 0.6 is 11.3 Å². The molecule has 0 aromatic carbocycles. The second kappa shape index (κ2) is 6.65. The standard InChI is InChI=1S/C16H12N6O2S/c23-13(8-10-9-25-15(18-10)12-5-3-7-24-12)19-16-20-14(21-22-16)11-4-1-2-6-17-11/h1-7,9H,8H2,(H2,19,20,21,22,23). The summed E-state index contributed by atoms with van der Waals surface area (Å²) < 4.78 is 5.30. The number of anilines is 1. The number of furan rings is 1. The minimum Gasteiger partial charge on any atom is -0.462 e. The van der Waals surface area contributed by atoms with E-state index in [1.807, 2.05) is 23.6 Å². The van der Waals surface area contributed by atoms with Gasteiger partial charge in [-0.25, -0.2) is 4.98 Å². The van der Waals surface area contributed by atoms with E-state index in [1.165, 1.54) is 11.3 Å². The number of aromatic amines is 1. The third-order valence-electron chi connectivity index (χ3n) is 3.27. The van der Waals surface area contributed by atoms with E-state index in [1.54, 1.807) is 24.6 Å². The number of aromatic nitrogens is 5. The van der Waals surface area contributed by atoms with Crippen molar-refractivity contribution in [2.45, 2.75) is 6.42 Å². The predicted octanol–water partition coefficient (Wildman–Crippen LogP) is 2.76. The molecule has 8 nitrogen and oxygen atoms in total. The molecule has 0 unspecified atom stereocenters. The Morgan fingerprint density at radius 2 is 2.20 bits per heavy atom. The Labute approximate surface area is 146 Å². The van der Waals surface area contributed by atoms with E-state index in [0.29, 0.717) is 23.0 Å². The van der Waals surface area contributed by atoms with E-state index in [4.69, 9.17) is 4.42 Å². The first-order chi connectivity index (χ1) is 12.3. The van der Waals surface area contributed by atoms with E-state index < -0.39 is 0 Å². The van der Waals surface area contributed by atoms with Crippen LogP contribution in [-0.4, -0.2) is 31.1 Å². The lowest BCUT2D eigenvalue weighted by molar-refractivity contribution is -0.115. The average Bonchev–Trinajstić information content (AvgIpc) is 3.37. The maximum Gasteiger partial charge on any atom is 0.249 e. The van der Waals surface area contributed by atoms with Crippen molar-refractivity contribution in [3.05, 3.63) is 53.9 Å². The van der Waals surface area contributed by atoms with Gasteiger partial charge in [0.1, 0.15) is 5.69 Å². The van der Waals surface area contributed by atoms with Crippen LogP contribution < -0.4 is 5.32 Å². The van der Waals surface area contributed by atoms with Crippen molar-refractivity contribution in [3.63, 3.8) is 0 Å². The minimum absolute atomic E-state index is 0.130. The Morgan fingerprint density at radius 3 is 3.00 bits per heavy atom. The molecule has 9 heteroatoms. The summed E-state index contributed by atoms with van der Waals surface area (Å²) in [6, 6.07) is 9.09. The number of hydrogen-bond acceptors (Lipinski definition) is 7. The highest BCUT2D eigenvalue weighted by atomic mass is 32.1. The van der Waals surface area contributed by atoms with Crippen LogP contribution in [0.2, 0.25) is 0 Å². The predicted molar refractivity (Wildman–Crippen MR) is 91.8 cm³/mol. The molecule has 0 spiro atoms. The highest BCUT2D eigenvalue weighted by Gasteiger charge is 2.13. The van der Waals surface area contributed by atoms with Crippen LogP contribution in [0, 0.1) is 0 Å². The van der Waals surface area contributed by atoms with Gasteiger partial charge in [-0.05, 0) is 24.3 Å². The quantitative estimate of drug-likeness (QED) is 0.571. The van der Waals surface area contributed by atoms with Crippen molar-refractivity contribution < 1.29 is 9.21 Å². The highest BCUT2D eigenvalue weighted by molar-refractivity contribution is 7.13. The molecule has 1 amide bonds. The van der Waals surface area contributed by atoms with Crippen LogP contribution in [0.1, 0.15) is 5.69 Å². The van der Waals surface area contributed by atoms with Crippen LogP contribution in [0.3, 0.4) is 0 Å². The fraction of sp³-hybridized carbons (Fsp3) is 0.0625. The molecule has 124 valence electrons. The van der Waals surface area contributed by atoms with Gasteiger partial charge in [-0.1, -0.05) is 6.07 Å². The van der Waals surface area contributed by atoms with Gasteiger partial charge in [-0.3, -0.25) is 20.2 Å². The molecule has 0 aliphatic rings. The zero-order valence-electron chi connectivity index (χ0n) is 12.8. The number of H-pyrrole nitrogens is 1. The lowest BCUT2D eigenvalue weighted by atomic mass is 10.3. The van der Waals surface area contributed by atoms with Crippen LogP contribution in [-0.2, 0) is 11.2 Å². The van der Waals surface area contributed by atoms with Crippen LogP contribution in [0.25, 0.3) is 22.3 Å². The fourth-order valence-electron chi connectivity index (χ4n) is 2.17. The molecule has 4 aromatic heterocycles. The second-order valence-corrected chi connectivity index (χ2v) is 5.93. The number of nitrogens with one attached hydrogen (secondary N) is 2. The summed E-state index contributed by atoms with van der Waals surface area (Å²) in [7, 11) is 0. The fourth-order valence-corrected chi connectivity index (χ4v) is 2.96. The average molecular weight is 352 g/mol. The van der Waals surface area contributed by atoms with Gasteiger partial charge in [-0.2, -0.15) is 4.98 Å². The lowest BCUT2D eigenvalue weighted by Gasteiger charge is -1.98. The zero-order chi connectivity index (χ0) is 17.1. The monoisotopic (exact) mass is 352 g/mol. The molecular weight excluding hydrogens is 340 g/mol. The second-order valence-electron chi connectivity index (χ2n) is 5.07. The Morgan fingerprint density at radius 1 is 1.24 bits per heavy atom. The number of nitrogens with zero attached hydrogens (tertiary/aromatic N) is 4.